The van der Waals surface area contributed by atoms with Gasteiger partial charge < -0.3 is 14.7 Å². The van der Waals surface area contributed by atoms with Gasteiger partial charge in [-0.25, -0.2) is 0 Å². The van der Waals surface area contributed by atoms with Crippen molar-refractivity contribution in [1.29, 1.82) is 0 Å². The van der Waals surface area contributed by atoms with E-state index >= 15 is 0 Å². The molecule has 20 heavy (non-hydrogen) atoms. The lowest BCUT2D eigenvalue weighted by molar-refractivity contribution is 0.0694. The van der Waals surface area contributed by atoms with Gasteiger partial charge in [-0.2, -0.15) is 5.21 Å². The number of H-pyrrole nitrogens is 1. The van der Waals surface area contributed by atoms with Crippen LogP contribution in [0, 0.1) is 0 Å². The molecule has 0 bridgehead atoms. The molecule has 2 aromatic rings. The molecule has 1 aromatic carbocycles. The van der Waals surface area contributed by atoms with Crippen LogP contribution in [0.3, 0.4) is 0 Å². The zero-order valence-corrected chi connectivity index (χ0v) is 11.0. The molecule has 0 radical (unpaired) electrons. The van der Waals surface area contributed by atoms with Crippen molar-refractivity contribution in [3.05, 3.63) is 35.7 Å². The molecule has 2 N–H and O–H groups in total. The second-order valence-electron chi connectivity index (χ2n) is 4.00. The number of nitrogens with zero attached hydrogens (tertiary/aromatic N) is 4. The lowest BCUT2D eigenvalue weighted by atomic mass is 10.2. The largest absolute Gasteiger partial charge is 0.496 e. The first-order valence-corrected chi connectivity index (χ1v) is 6.01. The summed E-state index contributed by atoms with van der Waals surface area (Å²) in [7, 11) is 1.57. The van der Waals surface area contributed by atoms with Crippen LogP contribution in [-0.4, -0.2) is 56.8 Å². The number of tetrazole rings is 1. The molecule has 8 nitrogen and oxygen atoms in total. The normalized spacial score (nSPS) is 10.3. The van der Waals surface area contributed by atoms with Gasteiger partial charge in [-0.15, -0.1) is 10.2 Å². The van der Waals surface area contributed by atoms with Crippen molar-refractivity contribution in [2.45, 2.75) is 6.54 Å². The Kier molecular flexibility index (Phi) is 4.61. The summed E-state index contributed by atoms with van der Waals surface area (Å²) in [5, 5.41) is 22.0. The number of ether oxygens (including phenoxy) is 1. The van der Waals surface area contributed by atoms with Crippen molar-refractivity contribution in [2.24, 2.45) is 0 Å². The molecule has 106 valence electrons. The maximum atomic E-state index is 12.2. The fraction of sp³-hybridized carbons (Fsp3) is 0.333. The van der Waals surface area contributed by atoms with E-state index in [0.717, 1.165) is 5.56 Å². The monoisotopic (exact) mass is 277 g/mol. The first-order valence-electron chi connectivity index (χ1n) is 6.01. The van der Waals surface area contributed by atoms with Gasteiger partial charge in [-0.3, -0.25) is 4.79 Å². The van der Waals surface area contributed by atoms with Crippen LogP contribution in [0.1, 0.15) is 16.2 Å². The quantitative estimate of drug-likeness (QED) is 0.760. The van der Waals surface area contributed by atoms with Crippen molar-refractivity contribution < 1.29 is 14.6 Å². The zero-order chi connectivity index (χ0) is 14.4. The number of benzene rings is 1. The van der Waals surface area contributed by atoms with Gasteiger partial charge in [-0.05, 0) is 11.3 Å². The smallest absolute Gasteiger partial charge is 0.295 e. The first-order chi connectivity index (χ1) is 9.76. The summed E-state index contributed by atoms with van der Waals surface area (Å²) in [4.78, 5) is 13.6. The van der Waals surface area contributed by atoms with Gasteiger partial charge in [0.25, 0.3) is 11.7 Å². The molecule has 1 aromatic heterocycles. The predicted molar refractivity (Wildman–Crippen MR) is 69.0 cm³/mol. The van der Waals surface area contributed by atoms with Gasteiger partial charge in [0.15, 0.2) is 0 Å². The molecule has 2 rings (SSSR count). The highest BCUT2D eigenvalue weighted by molar-refractivity contribution is 5.90. The summed E-state index contributed by atoms with van der Waals surface area (Å²) < 4.78 is 5.24. The van der Waals surface area contributed by atoms with E-state index in [-0.39, 0.29) is 25.5 Å². The average Bonchev–Trinajstić information content (AvgIpc) is 3.01. The Hall–Kier alpha value is -2.48. The number of carbonyl (C=O) groups is 1. The number of para-hydroxylation sites is 1. The van der Waals surface area contributed by atoms with Gasteiger partial charge in [0.1, 0.15) is 5.75 Å². The van der Waals surface area contributed by atoms with Crippen LogP contribution in [-0.2, 0) is 6.54 Å². The van der Waals surface area contributed by atoms with Crippen LogP contribution in [0.4, 0.5) is 0 Å². The molecule has 8 heteroatoms. The molecule has 0 fully saturated rings. The number of methoxy groups -OCH3 is 1. The molecule has 0 atom stereocenters. The highest BCUT2D eigenvalue weighted by Gasteiger charge is 2.20. The van der Waals surface area contributed by atoms with Crippen LogP contribution < -0.4 is 4.74 Å². The number of nitrogens with one attached hydrogen (secondary N) is 1. The Balaban J connectivity index is 2.19. The van der Waals surface area contributed by atoms with Gasteiger partial charge in [0.05, 0.1) is 13.7 Å². The van der Waals surface area contributed by atoms with Gasteiger partial charge in [0, 0.05) is 18.7 Å². The molecule has 0 aliphatic heterocycles. The Morgan fingerprint density at radius 3 is 2.90 bits per heavy atom. The zero-order valence-electron chi connectivity index (χ0n) is 11.0. The molecular weight excluding hydrogens is 262 g/mol. The maximum absolute atomic E-state index is 12.2. The molecule has 1 amide bonds. The van der Waals surface area contributed by atoms with Gasteiger partial charge in [0.2, 0.25) is 0 Å². The second kappa shape index (κ2) is 6.62. The summed E-state index contributed by atoms with van der Waals surface area (Å²) in [6, 6.07) is 7.37. The van der Waals surface area contributed by atoms with Crippen molar-refractivity contribution in [3.8, 4) is 5.75 Å². The minimum Gasteiger partial charge on any atom is -0.496 e. The number of aromatic nitrogens is 4. The molecule has 0 aliphatic rings. The molecule has 0 saturated carbocycles. The molecular formula is C12H15N5O3. The Morgan fingerprint density at radius 1 is 1.45 bits per heavy atom. The Labute approximate surface area is 115 Å². The first kappa shape index (κ1) is 13.9. The van der Waals surface area contributed by atoms with E-state index in [1.165, 1.54) is 4.90 Å². The number of rotatable bonds is 6. The van der Waals surface area contributed by atoms with Crippen LogP contribution in [0.25, 0.3) is 0 Å². The number of aromatic amines is 1. The molecule has 0 unspecified atom stereocenters. The number of hydrogen-bond donors (Lipinski definition) is 2. The second-order valence-corrected chi connectivity index (χ2v) is 4.00. The van der Waals surface area contributed by atoms with E-state index in [0.29, 0.717) is 5.75 Å². The van der Waals surface area contributed by atoms with E-state index in [1.54, 1.807) is 7.11 Å². The predicted octanol–water partition coefficient (Wildman–Crippen LogP) is -0.157. The lowest BCUT2D eigenvalue weighted by Crippen LogP contribution is -2.34. The summed E-state index contributed by atoms with van der Waals surface area (Å²) in [5.41, 5.74) is 0.834. The fourth-order valence-corrected chi connectivity index (χ4v) is 1.81. The van der Waals surface area contributed by atoms with E-state index in [9.17, 15) is 4.79 Å². The molecule has 0 spiro atoms. The highest BCUT2D eigenvalue weighted by Crippen LogP contribution is 2.19. The summed E-state index contributed by atoms with van der Waals surface area (Å²) >= 11 is 0. The lowest BCUT2D eigenvalue weighted by Gasteiger charge is -2.21. The van der Waals surface area contributed by atoms with Crippen LogP contribution in [0.5, 0.6) is 5.75 Å². The molecule has 0 aliphatic carbocycles. The Morgan fingerprint density at radius 2 is 2.25 bits per heavy atom. The third-order valence-corrected chi connectivity index (χ3v) is 2.75. The van der Waals surface area contributed by atoms with Gasteiger partial charge >= 0.3 is 0 Å². The van der Waals surface area contributed by atoms with E-state index in [1.807, 2.05) is 24.3 Å². The fourth-order valence-electron chi connectivity index (χ4n) is 1.81. The van der Waals surface area contributed by atoms with Gasteiger partial charge in [-0.1, -0.05) is 18.2 Å². The van der Waals surface area contributed by atoms with Crippen molar-refractivity contribution in [3.63, 3.8) is 0 Å². The summed E-state index contributed by atoms with van der Waals surface area (Å²) in [6.07, 6.45) is 0. The van der Waals surface area contributed by atoms with Crippen LogP contribution >= 0.6 is 0 Å². The third kappa shape index (κ3) is 3.09. The van der Waals surface area contributed by atoms with Crippen molar-refractivity contribution in [1.82, 2.24) is 25.5 Å². The molecule has 1 heterocycles. The van der Waals surface area contributed by atoms with E-state index in [2.05, 4.69) is 20.6 Å². The van der Waals surface area contributed by atoms with E-state index in [4.69, 9.17) is 9.84 Å². The summed E-state index contributed by atoms with van der Waals surface area (Å²) in [5.74, 6) is 0.239. The Bertz CT molecular complexity index is 558. The summed E-state index contributed by atoms with van der Waals surface area (Å²) in [6.45, 7) is 0.308. The van der Waals surface area contributed by atoms with E-state index < -0.39 is 5.91 Å². The molecule has 0 saturated heterocycles. The number of aliphatic hydroxyl groups is 1. The SMILES string of the molecule is COc1ccccc1CN(CCO)C(=O)c1nn[nH]n1. The standard InChI is InChI=1S/C12H15N5O3/c1-20-10-5-3-2-4-9(10)8-17(6-7-18)12(19)11-13-15-16-14-11/h2-5,18H,6-8H2,1H3,(H,13,14,15,16). The van der Waals surface area contributed by atoms with Crippen molar-refractivity contribution >= 4 is 5.91 Å². The average molecular weight is 277 g/mol. The minimum atomic E-state index is -0.404. The number of carbonyl (C=O) groups excluding carboxylic acids is 1. The number of amides is 1. The van der Waals surface area contributed by atoms with Crippen LogP contribution in [0.15, 0.2) is 24.3 Å². The maximum Gasteiger partial charge on any atom is 0.295 e. The number of hydrogen-bond acceptors (Lipinski definition) is 6. The topological polar surface area (TPSA) is 104 Å². The van der Waals surface area contributed by atoms with Crippen molar-refractivity contribution in [2.75, 3.05) is 20.3 Å². The third-order valence-electron chi connectivity index (χ3n) is 2.75. The number of aliphatic hydroxyl groups excluding tert-OH is 1. The highest BCUT2D eigenvalue weighted by atomic mass is 16.5. The van der Waals surface area contributed by atoms with Crippen LogP contribution in [0.2, 0.25) is 0 Å². The minimum absolute atomic E-state index is 0.0339.